The second kappa shape index (κ2) is 1.30. The molecule has 0 aliphatic carbocycles. The molecule has 0 aromatic rings. The van der Waals surface area contributed by atoms with Gasteiger partial charge in [0, 0.05) is 0 Å². The number of rotatable bonds is 1. The Morgan fingerprint density at radius 3 is 2.17 bits per heavy atom. The van der Waals surface area contributed by atoms with E-state index < -0.39 is 5.79 Å². The van der Waals surface area contributed by atoms with Crippen LogP contribution in [0.25, 0.3) is 0 Å². The second-order valence-electron chi connectivity index (χ2n) is 1.32. The third-order valence-corrected chi connectivity index (χ3v) is 0.311. The van der Waals surface area contributed by atoms with Crippen LogP contribution in [0.3, 0.4) is 0 Å². The molecule has 0 fully saturated rings. The van der Waals surface area contributed by atoms with Crippen LogP contribution in [0.1, 0.15) is 6.92 Å². The van der Waals surface area contributed by atoms with Crippen molar-refractivity contribution < 1.29 is 9.53 Å². The van der Waals surface area contributed by atoms with E-state index in [-0.39, 0.29) is 0 Å². The lowest BCUT2D eigenvalue weighted by Gasteiger charge is -1.84. The molecule has 6 heavy (non-hydrogen) atoms. The summed E-state index contributed by atoms with van der Waals surface area (Å²) >= 11 is 0. The molecule has 1 atom stereocenters. The van der Waals surface area contributed by atoms with Crippen molar-refractivity contribution in [2.75, 3.05) is 0 Å². The molecule has 1 N–H and O–H groups in total. The molecule has 0 rings (SSSR count). The van der Waals surface area contributed by atoms with Gasteiger partial charge in [-0.3, -0.25) is 5.11 Å². The quantitative estimate of drug-likeness (QED) is 0.271. The van der Waals surface area contributed by atoms with E-state index in [1.54, 1.807) is 0 Å². The van der Waals surface area contributed by atoms with Crippen molar-refractivity contribution in [1.82, 2.24) is 0 Å². The molecule has 0 spiro atoms. The number of carbonyl (C=O) groups excluding carboxylic acids is 1. The maximum absolute atomic E-state index is 8.43. The van der Waals surface area contributed by atoms with Crippen molar-refractivity contribution >= 4 is 6.79 Å². The zero-order valence-electron chi connectivity index (χ0n) is 3.77. The van der Waals surface area contributed by atoms with E-state index in [4.69, 9.17) is 5.11 Å². The molecule has 2 nitrogen and oxygen atoms in total. The minimum absolute atomic E-state index is 1.32. The smallest absolute Gasteiger partial charge is 0.271 e. The number of hydrogen-bond donors (Lipinski definition) is 1. The highest BCUT2D eigenvalue weighted by molar-refractivity contribution is 5.12. The standard InChI is InChI=1S/C4H8O2/c1-4(2,5)6-3/h5H,1,3H2,2H3/q+2. The Hall–Kier alpha value is -0.500. The molecule has 0 heterocycles. The molecule has 34 valence electrons. The molecule has 0 saturated heterocycles. The van der Waals surface area contributed by atoms with Gasteiger partial charge in [-0.1, -0.05) is 0 Å². The van der Waals surface area contributed by atoms with Crippen LogP contribution in [0.2, 0.25) is 0 Å². The zero-order valence-corrected chi connectivity index (χ0v) is 3.77. The molecule has 1 unspecified atom stereocenters. The molecule has 0 aliphatic rings. The Bertz CT molecular complexity index is 51.1. The van der Waals surface area contributed by atoms with Gasteiger partial charge in [-0.15, -0.1) is 0 Å². The minimum atomic E-state index is -1.32. The van der Waals surface area contributed by atoms with Crippen molar-refractivity contribution in [1.29, 1.82) is 0 Å². The third-order valence-electron chi connectivity index (χ3n) is 0.311. The second-order valence-corrected chi connectivity index (χ2v) is 1.32. The highest BCUT2D eigenvalue weighted by Crippen LogP contribution is 1.91. The predicted octanol–water partition coefficient (Wildman–Crippen LogP) is -0.107. The van der Waals surface area contributed by atoms with Crippen molar-refractivity contribution in [2.45, 2.75) is 12.7 Å². The van der Waals surface area contributed by atoms with Crippen LogP contribution in [-0.2, 0) is 4.42 Å². The summed E-state index contributed by atoms with van der Waals surface area (Å²) in [5.41, 5.74) is 0. The van der Waals surface area contributed by atoms with E-state index in [0.717, 1.165) is 0 Å². The van der Waals surface area contributed by atoms with Gasteiger partial charge in [0.05, 0.1) is 0 Å². The molecule has 2 heteroatoms. The molecule has 0 amide bonds. The molecule has 0 aromatic carbocycles. The maximum Gasteiger partial charge on any atom is 0.514 e. The highest BCUT2D eigenvalue weighted by atomic mass is 16.5. The molecule has 0 bridgehead atoms. The molecule has 0 aromatic heterocycles. The van der Waals surface area contributed by atoms with Gasteiger partial charge in [0.1, 0.15) is 6.92 Å². The Balaban J connectivity index is 3.45. The first-order chi connectivity index (χ1) is 2.56. The summed E-state index contributed by atoms with van der Waals surface area (Å²) in [6.45, 7) is 7.51. The summed E-state index contributed by atoms with van der Waals surface area (Å²) in [5.74, 6) is -1.32. The molecule has 0 aliphatic heterocycles. The highest BCUT2D eigenvalue weighted by Gasteiger charge is 2.29. The van der Waals surface area contributed by atoms with Crippen molar-refractivity contribution in [3.05, 3.63) is 6.92 Å². The largest absolute Gasteiger partial charge is 0.514 e. The minimum Gasteiger partial charge on any atom is -0.271 e. The van der Waals surface area contributed by atoms with Crippen molar-refractivity contribution in [2.24, 2.45) is 0 Å². The van der Waals surface area contributed by atoms with Gasteiger partial charge >= 0.3 is 5.79 Å². The summed E-state index contributed by atoms with van der Waals surface area (Å²) in [5, 5.41) is 8.43. The predicted molar refractivity (Wildman–Crippen MR) is 23.1 cm³/mol. The van der Waals surface area contributed by atoms with E-state index in [1.165, 1.54) is 6.92 Å². The Labute approximate surface area is 37.1 Å². The number of aliphatic hydroxyl groups is 1. The van der Waals surface area contributed by atoms with Crippen LogP contribution in [-0.4, -0.2) is 17.7 Å². The van der Waals surface area contributed by atoms with Crippen LogP contribution in [0.4, 0.5) is 0 Å². The first-order valence-electron chi connectivity index (χ1n) is 1.57. The van der Waals surface area contributed by atoms with Crippen LogP contribution in [0.15, 0.2) is 0 Å². The van der Waals surface area contributed by atoms with Crippen molar-refractivity contribution in [3.8, 4) is 0 Å². The zero-order chi connectivity index (χ0) is 5.21. The van der Waals surface area contributed by atoms with Gasteiger partial charge in [0.2, 0.25) is 6.92 Å². The lowest BCUT2D eigenvalue weighted by molar-refractivity contribution is -0.583. The van der Waals surface area contributed by atoms with Gasteiger partial charge in [-0.05, 0) is 0 Å². The van der Waals surface area contributed by atoms with Gasteiger partial charge in [0.15, 0.2) is 0 Å². The number of hydrogen-bond acceptors (Lipinski definition) is 1. The van der Waals surface area contributed by atoms with E-state index >= 15 is 0 Å². The lowest BCUT2D eigenvalue weighted by Crippen LogP contribution is -2.18. The fourth-order valence-electron chi connectivity index (χ4n) is 0. The maximum atomic E-state index is 8.43. The molecular weight excluding hydrogens is 80.0 g/mol. The summed E-state index contributed by atoms with van der Waals surface area (Å²) in [4.78, 5) is 0. The van der Waals surface area contributed by atoms with Crippen LogP contribution in [0.5, 0.6) is 0 Å². The Kier molecular flexibility index (Phi) is 1.20. The van der Waals surface area contributed by atoms with Gasteiger partial charge in [-0.2, -0.15) is 4.42 Å². The fraction of sp³-hybridized carbons (Fsp3) is 0.500. The first-order valence-corrected chi connectivity index (χ1v) is 1.57. The summed E-state index contributed by atoms with van der Waals surface area (Å²) in [6.07, 6.45) is 0. The lowest BCUT2D eigenvalue weighted by atomic mass is 10.4. The SMILES string of the molecule is C=[O+]C([CH2+])(C)O. The Morgan fingerprint density at radius 1 is 2.00 bits per heavy atom. The van der Waals surface area contributed by atoms with E-state index in [0.29, 0.717) is 0 Å². The average molecular weight is 88.1 g/mol. The van der Waals surface area contributed by atoms with E-state index in [9.17, 15) is 0 Å². The first kappa shape index (κ1) is 5.50. The van der Waals surface area contributed by atoms with Crippen LogP contribution >= 0.6 is 0 Å². The van der Waals surface area contributed by atoms with Gasteiger partial charge in [-0.25, -0.2) is 0 Å². The van der Waals surface area contributed by atoms with Crippen LogP contribution < -0.4 is 0 Å². The van der Waals surface area contributed by atoms with Gasteiger partial charge in [0.25, 0.3) is 6.79 Å². The third kappa shape index (κ3) is 3.50. The normalized spacial score (nSPS) is 19.0. The monoisotopic (exact) mass is 88.1 g/mol. The topological polar surface area (TPSA) is 31.5 Å². The van der Waals surface area contributed by atoms with E-state index in [2.05, 4.69) is 18.1 Å². The van der Waals surface area contributed by atoms with Crippen LogP contribution in [0, 0.1) is 6.92 Å². The molecule has 0 radical (unpaired) electrons. The van der Waals surface area contributed by atoms with Gasteiger partial charge < -0.3 is 0 Å². The summed E-state index contributed by atoms with van der Waals surface area (Å²) in [7, 11) is 0. The molecular formula is C4H8O2+2. The fourth-order valence-corrected chi connectivity index (χ4v) is 0. The van der Waals surface area contributed by atoms with E-state index in [1.807, 2.05) is 0 Å². The summed E-state index contributed by atoms with van der Waals surface area (Å²) < 4.78 is 4.13. The Morgan fingerprint density at radius 2 is 2.17 bits per heavy atom. The van der Waals surface area contributed by atoms with Crippen molar-refractivity contribution in [3.63, 3.8) is 0 Å². The summed E-state index contributed by atoms with van der Waals surface area (Å²) in [6, 6.07) is 0. The molecule has 0 saturated carbocycles. The average Bonchev–Trinajstić information content (AvgIpc) is 1.35.